The molecule has 3 nitrogen and oxygen atoms in total. The Labute approximate surface area is 98.4 Å². The van der Waals surface area contributed by atoms with Crippen molar-refractivity contribution in [1.29, 1.82) is 0 Å². The second-order valence-corrected chi connectivity index (χ2v) is 5.81. The Balaban J connectivity index is 2.13. The molecule has 2 fully saturated rings. The van der Waals surface area contributed by atoms with E-state index in [1.54, 1.807) is 0 Å². The van der Waals surface area contributed by atoms with Crippen LogP contribution in [0, 0.1) is 11.3 Å². The van der Waals surface area contributed by atoms with E-state index in [1.807, 2.05) is 0 Å². The highest BCUT2D eigenvalue weighted by molar-refractivity contribution is 5.02. The summed E-state index contributed by atoms with van der Waals surface area (Å²) in [7, 11) is 0. The van der Waals surface area contributed by atoms with E-state index in [2.05, 4.69) is 6.92 Å². The number of rotatable bonds is 2. The third-order valence-corrected chi connectivity index (χ3v) is 4.93. The fourth-order valence-corrected chi connectivity index (χ4v) is 3.41. The van der Waals surface area contributed by atoms with Crippen LogP contribution >= 0.6 is 0 Å². The first-order valence-electron chi connectivity index (χ1n) is 6.62. The molecular formula is C13H25NO2. The molecule has 3 N–H and O–H groups in total. The van der Waals surface area contributed by atoms with Gasteiger partial charge < -0.3 is 15.6 Å². The van der Waals surface area contributed by atoms with Gasteiger partial charge in [0, 0.05) is 38.0 Å². The summed E-state index contributed by atoms with van der Waals surface area (Å²) in [5.74, 6) is 0.795. The van der Waals surface area contributed by atoms with Gasteiger partial charge in [0.25, 0.3) is 0 Å². The quantitative estimate of drug-likeness (QED) is 0.754. The van der Waals surface area contributed by atoms with Crippen molar-refractivity contribution in [2.75, 3.05) is 19.8 Å². The number of hydrogen-bond donors (Lipinski definition) is 2. The van der Waals surface area contributed by atoms with Gasteiger partial charge in [0.15, 0.2) is 0 Å². The molecule has 0 aromatic carbocycles. The van der Waals surface area contributed by atoms with Crippen LogP contribution < -0.4 is 5.73 Å². The minimum Gasteiger partial charge on any atom is -0.389 e. The molecule has 1 aliphatic carbocycles. The Morgan fingerprint density at radius 3 is 2.25 bits per heavy atom. The first-order chi connectivity index (χ1) is 7.62. The zero-order chi connectivity index (χ0) is 11.6. The van der Waals surface area contributed by atoms with Crippen LogP contribution in [0.5, 0.6) is 0 Å². The highest BCUT2D eigenvalue weighted by Crippen LogP contribution is 2.49. The van der Waals surface area contributed by atoms with Gasteiger partial charge in [-0.1, -0.05) is 19.8 Å². The standard InChI is InChI=1S/C13H25NO2/c1-11-2-4-12(10-14,5-3-11)13(15)6-8-16-9-7-13/h11,15H,2-10,14H2,1H3. The Kier molecular flexibility index (Phi) is 3.57. The Bertz CT molecular complexity index is 228. The monoisotopic (exact) mass is 227 g/mol. The molecule has 16 heavy (non-hydrogen) atoms. The van der Waals surface area contributed by atoms with E-state index < -0.39 is 5.60 Å². The molecule has 0 spiro atoms. The van der Waals surface area contributed by atoms with Gasteiger partial charge in [-0.2, -0.15) is 0 Å². The highest BCUT2D eigenvalue weighted by Gasteiger charge is 2.50. The maximum Gasteiger partial charge on any atom is 0.0759 e. The van der Waals surface area contributed by atoms with Crippen LogP contribution in [-0.4, -0.2) is 30.5 Å². The zero-order valence-electron chi connectivity index (χ0n) is 10.4. The summed E-state index contributed by atoms with van der Waals surface area (Å²) in [4.78, 5) is 0. The summed E-state index contributed by atoms with van der Waals surface area (Å²) in [6.07, 6.45) is 6.11. The summed E-state index contributed by atoms with van der Waals surface area (Å²) in [6, 6.07) is 0. The summed E-state index contributed by atoms with van der Waals surface area (Å²) < 4.78 is 5.37. The van der Waals surface area contributed by atoms with Gasteiger partial charge in [-0.15, -0.1) is 0 Å². The lowest BCUT2D eigenvalue weighted by Gasteiger charge is -2.51. The van der Waals surface area contributed by atoms with Crippen molar-refractivity contribution < 1.29 is 9.84 Å². The highest BCUT2D eigenvalue weighted by atomic mass is 16.5. The topological polar surface area (TPSA) is 55.5 Å². The van der Waals surface area contributed by atoms with Gasteiger partial charge in [-0.3, -0.25) is 0 Å². The lowest BCUT2D eigenvalue weighted by molar-refractivity contribution is -0.156. The Hall–Kier alpha value is -0.120. The van der Waals surface area contributed by atoms with E-state index in [9.17, 15) is 5.11 Å². The number of nitrogens with two attached hydrogens (primary N) is 1. The number of aliphatic hydroxyl groups is 1. The fourth-order valence-electron chi connectivity index (χ4n) is 3.41. The predicted molar refractivity (Wildman–Crippen MR) is 64.1 cm³/mol. The predicted octanol–water partition coefficient (Wildman–Crippen LogP) is 1.68. The van der Waals surface area contributed by atoms with E-state index >= 15 is 0 Å². The molecule has 1 saturated heterocycles. The maximum absolute atomic E-state index is 10.9. The van der Waals surface area contributed by atoms with Crippen LogP contribution in [0.2, 0.25) is 0 Å². The lowest BCUT2D eigenvalue weighted by Crippen LogP contribution is -2.56. The van der Waals surface area contributed by atoms with Gasteiger partial charge in [-0.05, 0) is 18.8 Å². The van der Waals surface area contributed by atoms with Crippen LogP contribution in [0.15, 0.2) is 0 Å². The normalized spacial score (nSPS) is 39.6. The van der Waals surface area contributed by atoms with Crippen LogP contribution in [0.1, 0.15) is 45.4 Å². The van der Waals surface area contributed by atoms with Gasteiger partial charge in [0.1, 0.15) is 0 Å². The van der Waals surface area contributed by atoms with Gasteiger partial charge >= 0.3 is 0 Å². The van der Waals surface area contributed by atoms with E-state index in [4.69, 9.17) is 10.5 Å². The van der Waals surface area contributed by atoms with E-state index in [0.717, 1.165) is 31.6 Å². The van der Waals surface area contributed by atoms with E-state index in [-0.39, 0.29) is 5.41 Å². The largest absolute Gasteiger partial charge is 0.389 e. The van der Waals surface area contributed by atoms with Crippen molar-refractivity contribution in [2.24, 2.45) is 17.1 Å². The van der Waals surface area contributed by atoms with Crippen LogP contribution in [0.25, 0.3) is 0 Å². The molecule has 0 atom stereocenters. The molecule has 0 radical (unpaired) electrons. The molecule has 0 bridgehead atoms. The summed E-state index contributed by atoms with van der Waals surface area (Å²) in [5, 5.41) is 10.9. The van der Waals surface area contributed by atoms with Gasteiger partial charge in [0.2, 0.25) is 0 Å². The van der Waals surface area contributed by atoms with Crippen molar-refractivity contribution in [1.82, 2.24) is 0 Å². The van der Waals surface area contributed by atoms with Crippen molar-refractivity contribution >= 4 is 0 Å². The van der Waals surface area contributed by atoms with Gasteiger partial charge in [-0.25, -0.2) is 0 Å². The maximum atomic E-state index is 10.9. The fraction of sp³-hybridized carbons (Fsp3) is 1.00. The first kappa shape index (κ1) is 12.3. The van der Waals surface area contributed by atoms with Crippen LogP contribution in [0.4, 0.5) is 0 Å². The average molecular weight is 227 g/mol. The van der Waals surface area contributed by atoms with Crippen molar-refractivity contribution in [2.45, 2.75) is 51.0 Å². The van der Waals surface area contributed by atoms with Crippen molar-refractivity contribution in [3.63, 3.8) is 0 Å². The van der Waals surface area contributed by atoms with E-state index in [1.165, 1.54) is 12.8 Å². The summed E-state index contributed by atoms with van der Waals surface area (Å²) in [6.45, 7) is 4.30. The van der Waals surface area contributed by atoms with Crippen LogP contribution in [0.3, 0.4) is 0 Å². The average Bonchev–Trinajstić information content (AvgIpc) is 2.31. The second-order valence-electron chi connectivity index (χ2n) is 5.81. The molecule has 3 heteroatoms. The molecular weight excluding hydrogens is 202 g/mol. The Morgan fingerprint density at radius 2 is 1.75 bits per heavy atom. The summed E-state index contributed by atoms with van der Waals surface area (Å²) >= 11 is 0. The molecule has 1 saturated carbocycles. The minimum atomic E-state index is -0.569. The second kappa shape index (κ2) is 4.63. The van der Waals surface area contributed by atoms with Crippen molar-refractivity contribution in [3.8, 4) is 0 Å². The van der Waals surface area contributed by atoms with Crippen LogP contribution in [-0.2, 0) is 4.74 Å². The lowest BCUT2D eigenvalue weighted by atomic mass is 9.59. The zero-order valence-corrected chi connectivity index (χ0v) is 10.4. The van der Waals surface area contributed by atoms with Crippen molar-refractivity contribution in [3.05, 3.63) is 0 Å². The molecule has 1 aliphatic heterocycles. The smallest absolute Gasteiger partial charge is 0.0759 e. The molecule has 2 aliphatic rings. The first-order valence-corrected chi connectivity index (χ1v) is 6.62. The molecule has 2 rings (SSSR count). The Morgan fingerprint density at radius 1 is 1.19 bits per heavy atom. The minimum absolute atomic E-state index is 0.0384. The SMILES string of the molecule is CC1CCC(CN)(C2(O)CCOCC2)CC1. The molecule has 0 aromatic rings. The third kappa shape index (κ3) is 2.01. The molecule has 0 amide bonds. The third-order valence-electron chi connectivity index (χ3n) is 4.93. The van der Waals surface area contributed by atoms with E-state index in [0.29, 0.717) is 19.8 Å². The molecule has 0 aromatic heterocycles. The van der Waals surface area contributed by atoms with Gasteiger partial charge in [0.05, 0.1) is 5.60 Å². The molecule has 0 unspecified atom stereocenters. The molecule has 1 heterocycles. The summed E-state index contributed by atoms with van der Waals surface area (Å²) in [5.41, 5.74) is 5.39. The number of hydrogen-bond acceptors (Lipinski definition) is 3. The molecule has 94 valence electrons. The number of ether oxygens (including phenoxy) is 1.